The van der Waals surface area contributed by atoms with Gasteiger partial charge >= 0.3 is 0 Å². The summed E-state index contributed by atoms with van der Waals surface area (Å²) in [5.74, 6) is 3.40. The summed E-state index contributed by atoms with van der Waals surface area (Å²) in [6.07, 6.45) is 2.20. The Labute approximate surface area is 178 Å². The normalized spacial score (nSPS) is 10.8. The van der Waals surface area contributed by atoms with Crippen molar-refractivity contribution in [2.24, 2.45) is 0 Å². The summed E-state index contributed by atoms with van der Waals surface area (Å²) in [5, 5.41) is 1.45. The van der Waals surface area contributed by atoms with Crippen LogP contribution < -0.4 is 0 Å². The Morgan fingerprint density at radius 2 is 1.25 bits per heavy atom. The van der Waals surface area contributed by atoms with Gasteiger partial charge in [0.05, 0.1) is 0 Å². The van der Waals surface area contributed by atoms with E-state index in [1.54, 1.807) is 0 Å². The third-order valence-corrected chi connectivity index (χ3v) is 5.52. The molecule has 0 aliphatic carbocycles. The molecule has 140 valence electrons. The van der Waals surface area contributed by atoms with Gasteiger partial charge in [-0.3, -0.25) is 0 Å². The molecule has 0 saturated heterocycles. The predicted octanol–water partition coefficient (Wildman–Crippen LogP) is 7.81. The van der Waals surface area contributed by atoms with Crippen LogP contribution in [0.15, 0.2) is 72.8 Å². The van der Waals surface area contributed by atoms with Crippen molar-refractivity contribution in [2.75, 3.05) is 0 Å². The summed E-state index contributed by atoms with van der Waals surface area (Å²) < 4.78 is 0. The van der Waals surface area contributed by atoms with Gasteiger partial charge in [0.2, 0.25) is 0 Å². The van der Waals surface area contributed by atoms with E-state index in [-0.39, 0.29) is 0 Å². The molecule has 3 rings (SSSR count). The summed E-state index contributed by atoms with van der Waals surface area (Å²) in [7, 11) is -1.45. The zero-order valence-corrected chi connectivity index (χ0v) is 18.8. The van der Waals surface area contributed by atoms with E-state index in [9.17, 15) is 0 Å². The van der Waals surface area contributed by atoms with Crippen molar-refractivity contribution in [2.45, 2.75) is 19.6 Å². The van der Waals surface area contributed by atoms with E-state index in [1.165, 1.54) is 0 Å². The van der Waals surface area contributed by atoms with Crippen LogP contribution >= 0.6 is 23.2 Å². The Morgan fingerprint density at radius 1 is 0.750 bits per heavy atom. The number of benzene rings is 3. The molecule has 0 heterocycles. The summed E-state index contributed by atoms with van der Waals surface area (Å²) in [6.45, 7) is 6.77. The first-order valence-electron chi connectivity index (χ1n) is 9.18. The minimum absolute atomic E-state index is 0.723. The average molecular weight is 421 g/mol. The second-order valence-electron chi connectivity index (χ2n) is 7.66. The molecule has 0 bridgehead atoms. The number of hydrogen-bond acceptors (Lipinski definition) is 0. The number of rotatable bonds is 3. The van der Waals surface area contributed by atoms with Crippen molar-refractivity contribution in [3.63, 3.8) is 0 Å². The largest absolute Gasteiger partial charge is 0.129 e. The van der Waals surface area contributed by atoms with Crippen LogP contribution in [0.25, 0.3) is 11.6 Å². The topological polar surface area (TPSA) is 0 Å². The highest BCUT2D eigenvalue weighted by Gasteiger charge is 2.10. The second-order valence-corrected chi connectivity index (χ2v) is 13.3. The third-order valence-electron chi connectivity index (χ3n) is 4.14. The monoisotopic (exact) mass is 420 g/mol. The van der Waals surface area contributed by atoms with Crippen molar-refractivity contribution in [3.8, 4) is 11.5 Å². The van der Waals surface area contributed by atoms with Gasteiger partial charge in [0, 0.05) is 15.6 Å². The lowest BCUT2D eigenvalue weighted by molar-refractivity contribution is 1.54. The highest BCUT2D eigenvalue weighted by molar-refractivity contribution is 6.83. The van der Waals surface area contributed by atoms with Gasteiger partial charge in [-0.05, 0) is 58.7 Å². The maximum Gasteiger partial charge on any atom is 0.129 e. The van der Waals surface area contributed by atoms with E-state index in [0.29, 0.717) is 0 Å². The number of hydrogen-bond donors (Lipinski definition) is 0. The maximum absolute atomic E-state index is 6.10. The van der Waals surface area contributed by atoms with Crippen LogP contribution in [0.2, 0.25) is 29.7 Å². The van der Waals surface area contributed by atoms with Gasteiger partial charge in [0.25, 0.3) is 0 Å². The van der Waals surface area contributed by atoms with E-state index in [1.807, 2.05) is 60.7 Å². The van der Waals surface area contributed by atoms with Crippen LogP contribution in [0.5, 0.6) is 0 Å². The van der Waals surface area contributed by atoms with Crippen molar-refractivity contribution < 1.29 is 0 Å². The zero-order valence-electron chi connectivity index (χ0n) is 16.3. The van der Waals surface area contributed by atoms with Crippen LogP contribution in [-0.2, 0) is 0 Å². The van der Waals surface area contributed by atoms with Crippen LogP contribution in [0.3, 0.4) is 0 Å². The van der Waals surface area contributed by atoms with Crippen LogP contribution in [0.4, 0.5) is 0 Å². The first-order valence-corrected chi connectivity index (χ1v) is 13.4. The highest BCUT2D eigenvalue weighted by Crippen LogP contribution is 2.29. The molecule has 3 heteroatoms. The Morgan fingerprint density at radius 3 is 1.75 bits per heavy atom. The van der Waals surface area contributed by atoms with Crippen molar-refractivity contribution >= 4 is 42.9 Å². The lowest BCUT2D eigenvalue weighted by Gasteiger charge is -2.11. The average Bonchev–Trinajstić information content (AvgIpc) is 2.66. The molecule has 0 aliphatic heterocycles. The highest BCUT2D eigenvalue weighted by atomic mass is 35.5. The molecule has 0 atom stereocenters. The molecule has 28 heavy (non-hydrogen) atoms. The predicted molar refractivity (Wildman–Crippen MR) is 127 cm³/mol. The molecular formula is C25H22Cl2Si. The summed E-state index contributed by atoms with van der Waals surface area (Å²) >= 11 is 12.2. The van der Waals surface area contributed by atoms with Crippen molar-refractivity contribution in [1.29, 1.82) is 0 Å². The van der Waals surface area contributed by atoms with E-state index < -0.39 is 8.07 Å². The number of halogens is 2. The molecular weight excluding hydrogens is 399 g/mol. The lowest BCUT2D eigenvalue weighted by atomic mass is 9.94. The minimum atomic E-state index is -1.45. The molecule has 3 aromatic carbocycles. The maximum atomic E-state index is 6.10. The zero-order chi connectivity index (χ0) is 20.1. The molecule has 0 fully saturated rings. The van der Waals surface area contributed by atoms with E-state index in [4.69, 9.17) is 23.2 Å². The molecule has 3 aromatic rings. The second kappa shape index (κ2) is 8.84. The fourth-order valence-electron chi connectivity index (χ4n) is 2.74. The first-order chi connectivity index (χ1) is 13.3. The quantitative estimate of drug-likeness (QED) is 0.230. The van der Waals surface area contributed by atoms with E-state index in [2.05, 4.69) is 49.3 Å². The molecule has 0 amide bonds. The Bertz CT molecular complexity index is 997. The van der Waals surface area contributed by atoms with Crippen LogP contribution in [0.1, 0.15) is 22.3 Å². The summed E-state index contributed by atoms with van der Waals surface area (Å²) in [4.78, 5) is 0. The standard InChI is InChI=1S/C25H22Cl2Si/c1-28(2,3)17-16-19-6-4-5-7-22(19)18-25(20-8-12-23(26)13-9-20)21-10-14-24(27)15-11-21/h4-15,18H,1-3H3. The van der Waals surface area contributed by atoms with Gasteiger partial charge in [-0.25, -0.2) is 0 Å². The first kappa shape index (κ1) is 20.5. The van der Waals surface area contributed by atoms with Gasteiger partial charge in [0.15, 0.2) is 0 Å². The SMILES string of the molecule is C[Si](C)(C)C#Cc1ccccc1C=C(c1ccc(Cl)cc1)c1ccc(Cl)cc1. The van der Waals surface area contributed by atoms with Crippen LogP contribution in [-0.4, -0.2) is 8.07 Å². The van der Waals surface area contributed by atoms with Gasteiger partial charge in [0.1, 0.15) is 8.07 Å². The van der Waals surface area contributed by atoms with Crippen molar-refractivity contribution in [3.05, 3.63) is 105 Å². The third kappa shape index (κ3) is 5.63. The molecule has 0 unspecified atom stereocenters. The fraction of sp³-hybridized carbons (Fsp3) is 0.120. The molecule has 0 aromatic heterocycles. The molecule has 0 nitrogen and oxygen atoms in total. The molecule has 0 radical (unpaired) electrons. The van der Waals surface area contributed by atoms with Gasteiger partial charge in [-0.1, -0.05) is 91.2 Å². The Balaban J connectivity index is 2.16. The van der Waals surface area contributed by atoms with Crippen LogP contribution in [0, 0.1) is 11.5 Å². The van der Waals surface area contributed by atoms with Crippen molar-refractivity contribution in [1.82, 2.24) is 0 Å². The van der Waals surface area contributed by atoms with E-state index >= 15 is 0 Å². The summed E-state index contributed by atoms with van der Waals surface area (Å²) in [6, 6.07) is 24.1. The fourth-order valence-corrected chi connectivity index (χ4v) is 3.50. The molecule has 0 N–H and O–H groups in total. The smallest absolute Gasteiger partial charge is 0.127 e. The Hall–Kier alpha value is -2.24. The minimum Gasteiger partial charge on any atom is -0.127 e. The van der Waals surface area contributed by atoms with Gasteiger partial charge in [-0.15, -0.1) is 5.54 Å². The Kier molecular flexibility index (Phi) is 6.47. The van der Waals surface area contributed by atoms with E-state index in [0.717, 1.165) is 37.9 Å². The molecule has 0 saturated carbocycles. The summed E-state index contributed by atoms with van der Waals surface area (Å²) in [5.41, 5.74) is 8.92. The molecule has 0 spiro atoms. The lowest BCUT2D eigenvalue weighted by Crippen LogP contribution is -2.16. The molecule has 0 aliphatic rings. The van der Waals surface area contributed by atoms with Gasteiger partial charge in [-0.2, -0.15) is 0 Å². The van der Waals surface area contributed by atoms with Gasteiger partial charge < -0.3 is 0 Å².